The molecule has 302 valence electrons. The lowest BCUT2D eigenvalue weighted by Gasteiger charge is -2.17. The minimum absolute atomic E-state index is 0.00310. The molecule has 0 heterocycles. The van der Waals surface area contributed by atoms with Gasteiger partial charge in [0.05, 0.1) is 12.2 Å². The van der Waals surface area contributed by atoms with E-state index in [-0.39, 0.29) is 43.7 Å². The Morgan fingerprint density at radius 3 is 1.65 bits per heavy atom. The summed E-state index contributed by atoms with van der Waals surface area (Å²) in [6.45, 7) is 3.99. The van der Waals surface area contributed by atoms with Crippen LogP contribution in [0.5, 0.6) is 0 Å². The van der Waals surface area contributed by atoms with Crippen LogP contribution < -0.4 is 0 Å². The van der Waals surface area contributed by atoms with Crippen LogP contribution in [0.4, 0.5) is 0 Å². The fourth-order valence-corrected chi connectivity index (χ4v) is 6.95. The quantitative estimate of drug-likeness (QED) is 0.0333. The van der Waals surface area contributed by atoms with Crippen LogP contribution in [0.15, 0.2) is 24.3 Å². The number of hydrogen-bond donors (Lipinski definition) is 3. The topological polar surface area (TPSA) is 130 Å². The Morgan fingerprint density at radius 2 is 1.13 bits per heavy atom. The number of unbranched alkanes of at least 4 members (excludes halogenated alkanes) is 20. The van der Waals surface area contributed by atoms with Gasteiger partial charge < -0.3 is 24.8 Å². The summed E-state index contributed by atoms with van der Waals surface area (Å²) < 4.78 is 10.3. The first kappa shape index (κ1) is 48.0. The fourth-order valence-electron chi connectivity index (χ4n) is 6.95. The minimum atomic E-state index is -1.05. The van der Waals surface area contributed by atoms with Gasteiger partial charge in [-0.05, 0) is 32.1 Å². The van der Waals surface area contributed by atoms with E-state index in [0.29, 0.717) is 32.1 Å². The van der Waals surface area contributed by atoms with Crippen molar-refractivity contribution in [3.8, 4) is 0 Å². The molecule has 0 radical (unpaired) electrons. The molecule has 0 unspecified atom stereocenters. The lowest BCUT2D eigenvalue weighted by atomic mass is 9.90. The number of aliphatic hydroxyl groups is 3. The van der Waals surface area contributed by atoms with Crippen molar-refractivity contribution < 1.29 is 39.2 Å². The molecule has 0 aliphatic heterocycles. The summed E-state index contributed by atoms with van der Waals surface area (Å²) in [7, 11) is 0. The molecule has 3 N–H and O–H groups in total. The molecule has 0 bridgehead atoms. The van der Waals surface area contributed by atoms with Crippen LogP contribution in [0.2, 0.25) is 0 Å². The van der Waals surface area contributed by atoms with Gasteiger partial charge in [-0.2, -0.15) is 0 Å². The molecule has 0 spiro atoms. The average molecular weight is 735 g/mol. The smallest absolute Gasteiger partial charge is 0.305 e. The average Bonchev–Trinajstić information content (AvgIpc) is 3.40. The van der Waals surface area contributed by atoms with Crippen molar-refractivity contribution in [2.24, 2.45) is 11.8 Å². The van der Waals surface area contributed by atoms with Crippen molar-refractivity contribution >= 4 is 17.7 Å². The third kappa shape index (κ3) is 26.7. The monoisotopic (exact) mass is 735 g/mol. The van der Waals surface area contributed by atoms with Gasteiger partial charge in [0.15, 0.2) is 0 Å². The summed E-state index contributed by atoms with van der Waals surface area (Å²) >= 11 is 0. The zero-order valence-corrected chi connectivity index (χ0v) is 33.3. The second-order valence-electron chi connectivity index (χ2n) is 15.3. The van der Waals surface area contributed by atoms with E-state index >= 15 is 0 Å². The number of hydrogen-bond acceptors (Lipinski definition) is 8. The number of rotatable bonds is 35. The third-order valence-electron chi connectivity index (χ3n) is 10.3. The van der Waals surface area contributed by atoms with E-state index in [1.165, 1.54) is 96.3 Å². The zero-order chi connectivity index (χ0) is 38.1. The van der Waals surface area contributed by atoms with Crippen LogP contribution in [-0.4, -0.2) is 64.6 Å². The van der Waals surface area contributed by atoms with E-state index in [0.717, 1.165) is 38.5 Å². The van der Waals surface area contributed by atoms with Crippen LogP contribution in [0.1, 0.15) is 194 Å². The molecule has 0 aromatic heterocycles. The molecule has 5 atom stereocenters. The van der Waals surface area contributed by atoms with Gasteiger partial charge in [-0.25, -0.2) is 0 Å². The highest BCUT2D eigenvalue weighted by molar-refractivity contribution is 5.86. The molecular formula is C44H78O8. The van der Waals surface area contributed by atoms with Gasteiger partial charge in [0.2, 0.25) is 0 Å². The number of allylic oxidation sites excluding steroid dienone is 3. The molecule has 1 saturated carbocycles. The first-order valence-electron chi connectivity index (χ1n) is 21.5. The third-order valence-corrected chi connectivity index (χ3v) is 10.3. The molecule has 8 nitrogen and oxygen atoms in total. The molecule has 0 aromatic rings. The van der Waals surface area contributed by atoms with E-state index in [2.05, 4.69) is 13.8 Å². The zero-order valence-electron chi connectivity index (χ0n) is 33.3. The number of ether oxygens (including phenoxy) is 2. The molecule has 8 heteroatoms. The Labute approximate surface area is 317 Å². The Morgan fingerprint density at radius 1 is 0.673 bits per heavy atom. The predicted octanol–water partition coefficient (Wildman–Crippen LogP) is 10.0. The van der Waals surface area contributed by atoms with E-state index in [1.807, 2.05) is 12.2 Å². The summed E-state index contributed by atoms with van der Waals surface area (Å²) in [6, 6.07) is 0. The van der Waals surface area contributed by atoms with Gasteiger partial charge in [-0.15, -0.1) is 0 Å². The summed E-state index contributed by atoms with van der Waals surface area (Å²) in [5.74, 6) is -1.35. The summed E-state index contributed by atoms with van der Waals surface area (Å²) in [5.41, 5.74) is 0. The van der Waals surface area contributed by atoms with Gasteiger partial charge in [-0.3, -0.25) is 14.4 Å². The number of carbonyl (C=O) groups excluding carboxylic acids is 3. The Hall–Kier alpha value is -2.03. The highest BCUT2D eigenvalue weighted by atomic mass is 16.6. The normalized spacial score (nSPS) is 18.8. The standard InChI is InChI=1S/C44H78O8/c1-3-5-7-8-9-10-11-12-13-14-15-16-17-18-19-20-21-26-30-43(49)51-35-38(46)36-52-44(50)31-27-23-22-25-29-39-40(42(48)34-41(39)47)33-32-37(45)28-24-6-4-2/h22,25,32-33,37-41,45-47H,3-21,23-24,26-31,34-36H2,1-2H3/b25-22-,33-32+/t37-,38+,39+,40+,41-/m0/s1. The molecular weight excluding hydrogens is 656 g/mol. The first-order valence-corrected chi connectivity index (χ1v) is 21.5. The molecule has 0 amide bonds. The highest BCUT2D eigenvalue weighted by Gasteiger charge is 2.39. The van der Waals surface area contributed by atoms with Gasteiger partial charge in [0.1, 0.15) is 25.1 Å². The number of ketones is 1. The molecule has 0 saturated heterocycles. The van der Waals surface area contributed by atoms with Crippen molar-refractivity contribution in [2.45, 2.75) is 212 Å². The van der Waals surface area contributed by atoms with Crippen LogP contribution >= 0.6 is 0 Å². The van der Waals surface area contributed by atoms with Gasteiger partial charge in [-0.1, -0.05) is 167 Å². The number of Topliss-reactive ketones (excluding diaryl/α,β-unsaturated/α-hetero) is 1. The van der Waals surface area contributed by atoms with E-state index < -0.39 is 30.2 Å². The SMILES string of the molecule is CCCCCCCCCCCCCCCCCCCCC(=O)OC[C@@H](O)COC(=O)CCC/C=C\C[C@H]1[C@@H](O)CC(=O)[C@@H]1/C=C/[C@@H](O)CCCCC. The second-order valence-corrected chi connectivity index (χ2v) is 15.3. The summed E-state index contributed by atoms with van der Waals surface area (Å²) in [6.07, 6.45) is 34.6. The largest absolute Gasteiger partial charge is 0.463 e. The van der Waals surface area contributed by atoms with Crippen molar-refractivity contribution in [3.05, 3.63) is 24.3 Å². The first-order chi connectivity index (χ1) is 25.3. The van der Waals surface area contributed by atoms with E-state index in [9.17, 15) is 29.7 Å². The molecule has 1 rings (SSSR count). The highest BCUT2D eigenvalue weighted by Crippen LogP contribution is 2.33. The van der Waals surface area contributed by atoms with Crippen LogP contribution in [-0.2, 0) is 23.9 Å². The maximum atomic E-state index is 12.4. The maximum absolute atomic E-state index is 12.4. The van der Waals surface area contributed by atoms with Crippen molar-refractivity contribution in [3.63, 3.8) is 0 Å². The fraction of sp³-hybridized carbons (Fsp3) is 0.841. The Balaban J connectivity index is 1.99. The van der Waals surface area contributed by atoms with E-state index in [1.54, 1.807) is 12.2 Å². The Bertz CT molecular complexity index is 947. The maximum Gasteiger partial charge on any atom is 0.305 e. The minimum Gasteiger partial charge on any atom is -0.463 e. The summed E-state index contributed by atoms with van der Waals surface area (Å²) in [4.78, 5) is 36.5. The van der Waals surface area contributed by atoms with Crippen LogP contribution in [0.3, 0.4) is 0 Å². The molecule has 1 fully saturated rings. The van der Waals surface area contributed by atoms with Gasteiger partial charge in [0, 0.05) is 31.1 Å². The summed E-state index contributed by atoms with van der Waals surface area (Å²) in [5, 5.41) is 30.6. The lowest BCUT2D eigenvalue weighted by Crippen LogP contribution is -2.25. The second kappa shape index (κ2) is 33.5. The van der Waals surface area contributed by atoms with Gasteiger partial charge in [0.25, 0.3) is 0 Å². The predicted molar refractivity (Wildman–Crippen MR) is 211 cm³/mol. The molecule has 1 aliphatic rings. The molecule has 0 aromatic carbocycles. The Kier molecular flexibility index (Phi) is 30.9. The number of esters is 2. The van der Waals surface area contributed by atoms with Crippen molar-refractivity contribution in [2.75, 3.05) is 13.2 Å². The van der Waals surface area contributed by atoms with Crippen molar-refractivity contribution in [1.82, 2.24) is 0 Å². The molecule has 1 aliphatic carbocycles. The van der Waals surface area contributed by atoms with Crippen molar-refractivity contribution in [1.29, 1.82) is 0 Å². The number of aliphatic hydroxyl groups excluding tert-OH is 3. The molecule has 52 heavy (non-hydrogen) atoms. The van der Waals surface area contributed by atoms with Crippen LogP contribution in [0, 0.1) is 11.8 Å². The lowest BCUT2D eigenvalue weighted by molar-refractivity contribution is -0.152. The van der Waals surface area contributed by atoms with Crippen LogP contribution in [0.25, 0.3) is 0 Å². The van der Waals surface area contributed by atoms with Gasteiger partial charge >= 0.3 is 11.9 Å². The van der Waals surface area contributed by atoms with E-state index in [4.69, 9.17) is 9.47 Å². The number of carbonyl (C=O) groups is 3.